The molecule has 0 radical (unpaired) electrons. The van der Waals surface area contributed by atoms with Crippen LogP contribution in [0.3, 0.4) is 0 Å². The lowest BCUT2D eigenvalue weighted by Crippen LogP contribution is -2.52. The highest BCUT2D eigenvalue weighted by Gasteiger charge is 2.59. The molecule has 1 aliphatic carbocycles. The Balaban J connectivity index is 1.73. The summed E-state index contributed by atoms with van der Waals surface area (Å²) in [5.41, 5.74) is -0.248. The molecule has 1 aliphatic heterocycles. The Labute approximate surface area is 210 Å². The first-order chi connectivity index (χ1) is 16.6. The highest BCUT2D eigenvalue weighted by molar-refractivity contribution is 5.99. The molecule has 0 unspecified atom stereocenters. The summed E-state index contributed by atoms with van der Waals surface area (Å²) in [4.78, 5) is 24.3. The van der Waals surface area contributed by atoms with Crippen molar-refractivity contribution in [3.8, 4) is 0 Å². The van der Waals surface area contributed by atoms with Gasteiger partial charge in [-0.1, -0.05) is 76.1 Å². The Morgan fingerprint density at radius 2 is 1.91 bits per heavy atom. The number of epoxide rings is 1. The van der Waals surface area contributed by atoms with Gasteiger partial charge in [0.2, 0.25) is 5.91 Å². The van der Waals surface area contributed by atoms with Gasteiger partial charge in [0.15, 0.2) is 11.4 Å². The van der Waals surface area contributed by atoms with E-state index in [2.05, 4.69) is 52.1 Å². The zero-order chi connectivity index (χ0) is 26.0. The van der Waals surface area contributed by atoms with E-state index in [9.17, 15) is 19.8 Å². The van der Waals surface area contributed by atoms with Gasteiger partial charge >= 0.3 is 0 Å². The fourth-order valence-corrected chi connectivity index (χ4v) is 4.67. The van der Waals surface area contributed by atoms with Crippen LogP contribution in [-0.4, -0.2) is 52.4 Å². The van der Waals surface area contributed by atoms with Gasteiger partial charge in [0.1, 0.15) is 12.2 Å². The predicted octanol–water partition coefficient (Wildman–Crippen LogP) is 4.20. The molecule has 1 heterocycles. The van der Waals surface area contributed by atoms with Crippen LogP contribution in [0, 0.1) is 17.8 Å². The third-order valence-corrected chi connectivity index (χ3v) is 6.66. The highest BCUT2D eigenvalue weighted by atomic mass is 16.6. The molecule has 0 aromatic heterocycles. The molecule has 35 heavy (non-hydrogen) atoms. The summed E-state index contributed by atoms with van der Waals surface area (Å²) in [5.74, 6) is 0.852. The van der Waals surface area contributed by atoms with Gasteiger partial charge in [0.25, 0.3) is 0 Å². The summed E-state index contributed by atoms with van der Waals surface area (Å²) >= 11 is 0. The molecule has 0 bridgehead atoms. The van der Waals surface area contributed by atoms with Crippen molar-refractivity contribution < 1.29 is 24.5 Å². The summed E-state index contributed by atoms with van der Waals surface area (Å²) in [6.45, 7) is 10.8. The molecule has 0 aromatic rings. The van der Waals surface area contributed by atoms with Gasteiger partial charge in [0.05, 0.1) is 12.6 Å². The number of carbonyl (C=O) groups is 2. The number of aliphatic hydroxyl groups is 2. The van der Waals surface area contributed by atoms with E-state index in [4.69, 9.17) is 4.74 Å². The lowest BCUT2D eigenvalue weighted by atomic mass is 9.82. The molecule has 2 aliphatic rings. The lowest BCUT2D eigenvalue weighted by Gasteiger charge is -2.29. The van der Waals surface area contributed by atoms with Crippen molar-refractivity contribution in [3.63, 3.8) is 0 Å². The van der Waals surface area contributed by atoms with E-state index in [0.717, 1.165) is 12.8 Å². The van der Waals surface area contributed by atoms with Crippen molar-refractivity contribution in [1.29, 1.82) is 0 Å². The van der Waals surface area contributed by atoms with Crippen LogP contribution < -0.4 is 5.32 Å². The minimum atomic E-state index is -1.72. The standard InChI is InChI=1S/C29H43NO5/c1-6-20(2)15-22(4)17-23(5)16-21(3)11-9-7-8-10-12-27(33)30-24(19-31)18-29(34)26(32)14-13-25-28(29)35-25/h7-15,20-21,23-25,28,31,34H,6,16-19H2,1-5H3,(H,30,33)/b8-7+,11-9+,12-10+,22-15+/t20-,21+,23+,24+,25+,28+,29-/m1/s1. The summed E-state index contributed by atoms with van der Waals surface area (Å²) in [6, 6.07) is -0.757. The fraction of sp³-hybridized carbons (Fsp3) is 0.586. The SMILES string of the molecule is CC[C@@H](C)/C=C(\C)C[C@@H](C)C[C@@H](C)/C=C/C=C/C=C/C(=O)N[C@H](CO)C[C@@]1(O)C(=O)C=C[C@@H]2O[C@@H]21. The maximum atomic E-state index is 12.2. The average molecular weight is 486 g/mol. The average Bonchev–Trinajstić information content (AvgIpc) is 3.59. The quantitative estimate of drug-likeness (QED) is 0.148. The molecule has 2 rings (SSSR count). The van der Waals surface area contributed by atoms with Gasteiger partial charge < -0.3 is 20.3 Å². The summed E-state index contributed by atoms with van der Waals surface area (Å²) in [6.07, 6.45) is 18.5. The third-order valence-electron chi connectivity index (χ3n) is 6.66. The van der Waals surface area contributed by atoms with Gasteiger partial charge in [-0.25, -0.2) is 0 Å². The van der Waals surface area contributed by atoms with Crippen LogP contribution in [0.4, 0.5) is 0 Å². The van der Waals surface area contributed by atoms with E-state index >= 15 is 0 Å². The van der Waals surface area contributed by atoms with Gasteiger partial charge in [-0.2, -0.15) is 0 Å². The molecule has 1 fully saturated rings. The van der Waals surface area contributed by atoms with Crippen LogP contribution >= 0.6 is 0 Å². The molecule has 3 N–H and O–H groups in total. The number of ether oxygens (including phenoxy) is 1. The summed E-state index contributed by atoms with van der Waals surface area (Å²) in [7, 11) is 0. The van der Waals surface area contributed by atoms with E-state index in [1.165, 1.54) is 24.1 Å². The van der Waals surface area contributed by atoms with Gasteiger partial charge in [0, 0.05) is 12.5 Å². The van der Waals surface area contributed by atoms with Crippen molar-refractivity contribution in [3.05, 3.63) is 60.3 Å². The monoisotopic (exact) mass is 485 g/mol. The van der Waals surface area contributed by atoms with E-state index in [1.54, 1.807) is 18.2 Å². The number of allylic oxidation sites excluding steroid dienone is 7. The second-order valence-electron chi connectivity index (χ2n) is 10.3. The maximum absolute atomic E-state index is 12.2. The molecular formula is C29H43NO5. The number of fused-ring (bicyclic) bond motifs is 1. The van der Waals surface area contributed by atoms with Crippen LogP contribution in [-0.2, 0) is 14.3 Å². The zero-order valence-electron chi connectivity index (χ0n) is 21.8. The smallest absolute Gasteiger partial charge is 0.244 e. The molecule has 1 amide bonds. The Hall–Kier alpha value is -2.28. The minimum absolute atomic E-state index is 0.102. The van der Waals surface area contributed by atoms with Crippen molar-refractivity contribution in [2.24, 2.45) is 17.8 Å². The van der Waals surface area contributed by atoms with E-state index in [-0.39, 0.29) is 12.5 Å². The van der Waals surface area contributed by atoms with Crippen LogP contribution in [0.2, 0.25) is 0 Å². The lowest BCUT2D eigenvalue weighted by molar-refractivity contribution is -0.137. The maximum Gasteiger partial charge on any atom is 0.244 e. The topological polar surface area (TPSA) is 99.2 Å². The Kier molecular flexibility index (Phi) is 11.3. The molecule has 194 valence electrons. The third kappa shape index (κ3) is 9.36. The molecular weight excluding hydrogens is 442 g/mol. The zero-order valence-corrected chi connectivity index (χ0v) is 21.8. The molecule has 0 saturated carbocycles. The largest absolute Gasteiger partial charge is 0.394 e. The van der Waals surface area contributed by atoms with E-state index in [1.807, 2.05) is 12.2 Å². The van der Waals surface area contributed by atoms with E-state index < -0.39 is 36.0 Å². The molecule has 1 saturated heterocycles. The number of hydrogen-bond acceptors (Lipinski definition) is 5. The van der Waals surface area contributed by atoms with Crippen LogP contribution in [0.5, 0.6) is 0 Å². The number of rotatable bonds is 14. The number of hydrogen-bond donors (Lipinski definition) is 3. The minimum Gasteiger partial charge on any atom is -0.394 e. The second-order valence-corrected chi connectivity index (χ2v) is 10.3. The molecule has 0 aromatic carbocycles. The van der Waals surface area contributed by atoms with Crippen LogP contribution in [0.25, 0.3) is 0 Å². The summed E-state index contributed by atoms with van der Waals surface area (Å²) in [5, 5.41) is 22.9. The highest BCUT2D eigenvalue weighted by Crippen LogP contribution is 2.40. The van der Waals surface area contributed by atoms with Crippen molar-refractivity contribution in [2.45, 2.75) is 84.2 Å². The van der Waals surface area contributed by atoms with Crippen molar-refractivity contribution in [2.75, 3.05) is 6.61 Å². The summed E-state index contributed by atoms with van der Waals surface area (Å²) < 4.78 is 5.31. The number of amides is 1. The predicted molar refractivity (Wildman–Crippen MR) is 140 cm³/mol. The number of carbonyl (C=O) groups excluding carboxylic acids is 2. The van der Waals surface area contributed by atoms with Gasteiger partial charge in [-0.3, -0.25) is 9.59 Å². The first-order valence-electron chi connectivity index (χ1n) is 12.8. The number of aliphatic hydroxyl groups excluding tert-OH is 1. The van der Waals surface area contributed by atoms with Gasteiger partial charge in [-0.05, 0) is 49.7 Å². The van der Waals surface area contributed by atoms with Crippen molar-refractivity contribution in [1.82, 2.24) is 5.32 Å². The first kappa shape index (κ1) is 29.0. The van der Waals surface area contributed by atoms with Crippen molar-refractivity contribution >= 4 is 11.7 Å². The van der Waals surface area contributed by atoms with E-state index in [0.29, 0.717) is 17.8 Å². The number of nitrogens with one attached hydrogen (secondary N) is 1. The Morgan fingerprint density at radius 1 is 1.20 bits per heavy atom. The fourth-order valence-electron chi connectivity index (χ4n) is 4.67. The Bertz CT molecular complexity index is 870. The molecule has 6 nitrogen and oxygen atoms in total. The Morgan fingerprint density at radius 3 is 2.60 bits per heavy atom. The normalized spacial score (nSPS) is 27.9. The molecule has 6 heteroatoms. The molecule has 7 atom stereocenters. The van der Waals surface area contributed by atoms with Crippen LogP contribution in [0.15, 0.2) is 60.3 Å². The van der Waals surface area contributed by atoms with Crippen LogP contribution in [0.1, 0.15) is 60.3 Å². The second kappa shape index (κ2) is 13.7. The first-order valence-corrected chi connectivity index (χ1v) is 12.8. The molecule has 0 spiro atoms. The van der Waals surface area contributed by atoms with Gasteiger partial charge in [-0.15, -0.1) is 0 Å². The number of ketones is 1.